The number of carbonyl (C=O) groups is 1. The molecule has 0 aromatic rings. The standard InChI is InChI=1S/C13H26N2O3/c1-4-11-9-18-10(3)8-15(11)13(16)6-12(7-14)17-5-2/h10-12H,4-9,14H2,1-3H3. The Labute approximate surface area is 110 Å². The van der Waals surface area contributed by atoms with Crippen molar-refractivity contribution in [1.82, 2.24) is 4.90 Å². The molecule has 5 heteroatoms. The van der Waals surface area contributed by atoms with E-state index in [1.54, 1.807) is 0 Å². The van der Waals surface area contributed by atoms with Gasteiger partial charge in [-0.2, -0.15) is 0 Å². The highest BCUT2D eigenvalue weighted by molar-refractivity contribution is 5.77. The number of hydrogen-bond donors (Lipinski definition) is 1. The maximum absolute atomic E-state index is 12.3. The van der Waals surface area contributed by atoms with Crippen LogP contribution in [0.3, 0.4) is 0 Å². The molecule has 18 heavy (non-hydrogen) atoms. The average molecular weight is 258 g/mol. The molecule has 3 atom stereocenters. The van der Waals surface area contributed by atoms with Gasteiger partial charge in [0, 0.05) is 19.7 Å². The number of hydrogen-bond acceptors (Lipinski definition) is 4. The smallest absolute Gasteiger partial charge is 0.225 e. The Kier molecular flexibility index (Phi) is 6.60. The number of nitrogens with zero attached hydrogens (tertiary/aromatic N) is 1. The third-order valence-electron chi connectivity index (χ3n) is 3.33. The Morgan fingerprint density at radius 2 is 2.28 bits per heavy atom. The van der Waals surface area contributed by atoms with E-state index in [-0.39, 0.29) is 24.2 Å². The van der Waals surface area contributed by atoms with Crippen LogP contribution >= 0.6 is 0 Å². The molecule has 0 saturated carbocycles. The van der Waals surface area contributed by atoms with Crippen molar-refractivity contribution >= 4 is 5.91 Å². The number of amides is 1. The van der Waals surface area contributed by atoms with Gasteiger partial charge in [0.05, 0.1) is 31.3 Å². The second-order valence-electron chi connectivity index (χ2n) is 4.77. The zero-order valence-electron chi connectivity index (χ0n) is 11.7. The summed E-state index contributed by atoms with van der Waals surface area (Å²) >= 11 is 0. The number of nitrogens with two attached hydrogens (primary N) is 1. The van der Waals surface area contributed by atoms with Crippen molar-refractivity contribution in [1.29, 1.82) is 0 Å². The van der Waals surface area contributed by atoms with Crippen LogP contribution in [0.5, 0.6) is 0 Å². The summed E-state index contributed by atoms with van der Waals surface area (Å²) in [5.74, 6) is 0.126. The molecule has 0 aliphatic carbocycles. The van der Waals surface area contributed by atoms with Gasteiger partial charge >= 0.3 is 0 Å². The van der Waals surface area contributed by atoms with Crippen LogP contribution in [0, 0.1) is 0 Å². The molecule has 0 spiro atoms. The van der Waals surface area contributed by atoms with Crippen LogP contribution in [-0.4, -0.2) is 55.4 Å². The van der Waals surface area contributed by atoms with Gasteiger partial charge in [-0.3, -0.25) is 4.79 Å². The lowest BCUT2D eigenvalue weighted by Crippen LogP contribution is -2.52. The number of morpholine rings is 1. The zero-order chi connectivity index (χ0) is 13.5. The lowest BCUT2D eigenvalue weighted by molar-refractivity contribution is -0.147. The normalized spacial score (nSPS) is 26.1. The maximum atomic E-state index is 12.3. The molecule has 1 rings (SSSR count). The Bertz CT molecular complexity index is 261. The minimum atomic E-state index is -0.168. The molecular weight excluding hydrogens is 232 g/mol. The van der Waals surface area contributed by atoms with E-state index in [0.717, 1.165) is 6.42 Å². The predicted molar refractivity (Wildman–Crippen MR) is 70.3 cm³/mol. The van der Waals surface area contributed by atoms with E-state index in [2.05, 4.69) is 6.92 Å². The van der Waals surface area contributed by atoms with Gasteiger partial charge in [0.25, 0.3) is 0 Å². The summed E-state index contributed by atoms with van der Waals surface area (Å²) in [7, 11) is 0. The van der Waals surface area contributed by atoms with Crippen LogP contribution in [0.4, 0.5) is 0 Å². The first-order valence-corrected chi connectivity index (χ1v) is 6.85. The van der Waals surface area contributed by atoms with Gasteiger partial charge in [0.1, 0.15) is 0 Å². The molecule has 1 aliphatic rings. The first-order chi connectivity index (χ1) is 8.62. The van der Waals surface area contributed by atoms with Crippen molar-refractivity contribution < 1.29 is 14.3 Å². The van der Waals surface area contributed by atoms with Crippen molar-refractivity contribution in [3.8, 4) is 0 Å². The number of carbonyl (C=O) groups excluding carboxylic acids is 1. The summed E-state index contributed by atoms with van der Waals surface area (Å²) in [6, 6.07) is 0.189. The van der Waals surface area contributed by atoms with E-state index in [1.807, 2.05) is 18.7 Å². The fraction of sp³-hybridized carbons (Fsp3) is 0.923. The van der Waals surface area contributed by atoms with E-state index in [0.29, 0.717) is 32.7 Å². The fourth-order valence-corrected chi connectivity index (χ4v) is 2.25. The van der Waals surface area contributed by atoms with Gasteiger partial charge in [-0.25, -0.2) is 0 Å². The SMILES string of the molecule is CCOC(CN)CC(=O)N1CC(C)OCC1CC. The first-order valence-electron chi connectivity index (χ1n) is 6.85. The van der Waals surface area contributed by atoms with E-state index in [1.165, 1.54) is 0 Å². The molecular formula is C13H26N2O3. The van der Waals surface area contributed by atoms with Crippen molar-refractivity contribution in [2.45, 2.75) is 51.9 Å². The van der Waals surface area contributed by atoms with Crippen molar-refractivity contribution in [3.05, 3.63) is 0 Å². The lowest BCUT2D eigenvalue weighted by Gasteiger charge is -2.38. The molecule has 0 aromatic heterocycles. The Balaban J connectivity index is 2.56. The average Bonchev–Trinajstić information content (AvgIpc) is 2.38. The maximum Gasteiger partial charge on any atom is 0.225 e. The molecule has 1 heterocycles. The third-order valence-corrected chi connectivity index (χ3v) is 3.33. The summed E-state index contributed by atoms with van der Waals surface area (Å²) in [5, 5.41) is 0. The topological polar surface area (TPSA) is 64.8 Å². The van der Waals surface area contributed by atoms with Gasteiger partial charge in [0.15, 0.2) is 0 Å². The molecule has 1 aliphatic heterocycles. The zero-order valence-corrected chi connectivity index (χ0v) is 11.7. The molecule has 3 unspecified atom stereocenters. The Hall–Kier alpha value is -0.650. The van der Waals surface area contributed by atoms with Crippen molar-refractivity contribution in [2.24, 2.45) is 5.73 Å². The van der Waals surface area contributed by atoms with Crippen molar-refractivity contribution in [3.63, 3.8) is 0 Å². The molecule has 1 fully saturated rings. The quantitative estimate of drug-likeness (QED) is 0.764. The van der Waals surface area contributed by atoms with E-state index >= 15 is 0 Å². The van der Waals surface area contributed by atoms with Crippen LogP contribution in [0.1, 0.15) is 33.6 Å². The summed E-state index contributed by atoms with van der Waals surface area (Å²) in [5.41, 5.74) is 5.61. The number of ether oxygens (including phenoxy) is 2. The largest absolute Gasteiger partial charge is 0.377 e. The second-order valence-corrected chi connectivity index (χ2v) is 4.77. The van der Waals surface area contributed by atoms with E-state index < -0.39 is 0 Å². The van der Waals surface area contributed by atoms with Gasteiger partial charge < -0.3 is 20.1 Å². The predicted octanol–water partition coefficient (Wildman–Crippen LogP) is 0.766. The third kappa shape index (κ3) is 4.23. The highest BCUT2D eigenvalue weighted by Crippen LogP contribution is 2.16. The van der Waals surface area contributed by atoms with Crippen LogP contribution in [0.2, 0.25) is 0 Å². The minimum absolute atomic E-state index is 0.111. The lowest BCUT2D eigenvalue weighted by atomic mass is 10.1. The first kappa shape index (κ1) is 15.4. The van der Waals surface area contributed by atoms with Gasteiger partial charge in [-0.1, -0.05) is 6.92 Å². The van der Waals surface area contributed by atoms with Crippen molar-refractivity contribution in [2.75, 3.05) is 26.3 Å². The second kappa shape index (κ2) is 7.71. The fourth-order valence-electron chi connectivity index (χ4n) is 2.25. The summed E-state index contributed by atoms with van der Waals surface area (Å²) in [6.07, 6.45) is 1.23. The van der Waals surface area contributed by atoms with Crippen LogP contribution in [0.25, 0.3) is 0 Å². The van der Waals surface area contributed by atoms with E-state index in [9.17, 15) is 4.79 Å². The molecule has 5 nitrogen and oxygen atoms in total. The summed E-state index contributed by atoms with van der Waals surface area (Å²) in [4.78, 5) is 14.2. The Morgan fingerprint density at radius 1 is 1.56 bits per heavy atom. The molecule has 2 N–H and O–H groups in total. The molecule has 0 radical (unpaired) electrons. The molecule has 106 valence electrons. The van der Waals surface area contributed by atoms with Gasteiger partial charge in [0.2, 0.25) is 5.91 Å². The molecule has 0 bridgehead atoms. The summed E-state index contributed by atoms with van der Waals surface area (Å²) < 4.78 is 11.0. The molecule has 1 saturated heterocycles. The minimum Gasteiger partial charge on any atom is -0.377 e. The van der Waals surface area contributed by atoms with Crippen LogP contribution in [-0.2, 0) is 14.3 Å². The highest BCUT2D eigenvalue weighted by atomic mass is 16.5. The van der Waals surface area contributed by atoms with E-state index in [4.69, 9.17) is 15.2 Å². The highest BCUT2D eigenvalue weighted by Gasteiger charge is 2.30. The molecule has 0 aromatic carbocycles. The van der Waals surface area contributed by atoms with Gasteiger partial charge in [-0.05, 0) is 20.3 Å². The Morgan fingerprint density at radius 3 is 2.83 bits per heavy atom. The monoisotopic (exact) mass is 258 g/mol. The number of rotatable bonds is 6. The van der Waals surface area contributed by atoms with Crippen LogP contribution in [0.15, 0.2) is 0 Å². The summed E-state index contributed by atoms with van der Waals surface area (Å²) in [6.45, 7) is 8.26. The van der Waals surface area contributed by atoms with Crippen LogP contribution < -0.4 is 5.73 Å². The molecule has 1 amide bonds. The van der Waals surface area contributed by atoms with Gasteiger partial charge in [-0.15, -0.1) is 0 Å².